The van der Waals surface area contributed by atoms with Gasteiger partial charge in [-0.3, -0.25) is 0 Å². The van der Waals surface area contributed by atoms with E-state index in [0.29, 0.717) is 13.0 Å². The summed E-state index contributed by atoms with van der Waals surface area (Å²) in [5.74, 6) is -1.04. The van der Waals surface area contributed by atoms with Crippen LogP contribution in [0.25, 0.3) is 0 Å². The molecule has 0 bridgehead atoms. The van der Waals surface area contributed by atoms with Gasteiger partial charge in [-0.2, -0.15) is 0 Å². The molecule has 0 aromatic heterocycles. The fraction of sp³-hybridized carbons (Fsp3) is 0.467. The molecule has 1 rings (SSSR count). The van der Waals surface area contributed by atoms with Gasteiger partial charge in [0.1, 0.15) is 5.54 Å². The molecule has 20 heavy (non-hydrogen) atoms. The lowest BCUT2D eigenvalue weighted by atomic mass is 10.00. The predicted octanol–water partition coefficient (Wildman–Crippen LogP) is 2.36. The first-order valence-corrected chi connectivity index (χ1v) is 6.63. The monoisotopic (exact) mass is 278 g/mol. The fourth-order valence-electron chi connectivity index (χ4n) is 1.94. The summed E-state index contributed by atoms with van der Waals surface area (Å²) in [5.41, 5.74) is 2.01. The number of carbonyl (C=O) groups is 2. The molecule has 0 aliphatic carbocycles. The minimum Gasteiger partial charge on any atom is -0.480 e. The van der Waals surface area contributed by atoms with E-state index in [9.17, 15) is 9.59 Å². The molecule has 0 saturated heterocycles. The summed E-state index contributed by atoms with van der Waals surface area (Å²) in [4.78, 5) is 22.9. The summed E-state index contributed by atoms with van der Waals surface area (Å²) >= 11 is 0. The van der Waals surface area contributed by atoms with Crippen LogP contribution in [0.15, 0.2) is 18.2 Å². The van der Waals surface area contributed by atoms with Crippen molar-refractivity contribution in [3.63, 3.8) is 0 Å². The maximum Gasteiger partial charge on any atom is 0.329 e. The number of carboxylic acids is 1. The molecule has 0 saturated carbocycles. The lowest BCUT2D eigenvalue weighted by molar-refractivity contribution is -0.143. The van der Waals surface area contributed by atoms with Gasteiger partial charge in [0, 0.05) is 6.54 Å². The van der Waals surface area contributed by atoms with Crippen LogP contribution in [0.4, 0.5) is 4.79 Å². The van der Waals surface area contributed by atoms with Gasteiger partial charge in [0.2, 0.25) is 0 Å². The summed E-state index contributed by atoms with van der Waals surface area (Å²) < 4.78 is 0. The molecule has 2 amide bonds. The Morgan fingerprint density at radius 1 is 1.20 bits per heavy atom. The Labute approximate surface area is 119 Å². The van der Waals surface area contributed by atoms with Crippen molar-refractivity contribution < 1.29 is 14.7 Å². The number of carboxylic acid groups (broad SMARTS) is 1. The second-order valence-electron chi connectivity index (χ2n) is 5.29. The number of nitrogens with one attached hydrogen (secondary N) is 2. The van der Waals surface area contributed by atoms with Gasteiger partial charge in [-0.1, -0.05) is 36.2 Å². The van der Waals surface area contributed by atoms with Crippen molar-refractivity contribution in [2.45, 2.75) is 46.2 Å². The van der Waals surface area contributed by atoms with Crippen molar-refractivity contribution in [3.05, 3.63) is 34.9 Å². The van der Waals surface area contributed by atoms with Gasteiger partial charge >= 0.3 is 12.0 Å². The Balaban J connectivity index is 2.61. The van der Waals surface area contributed by atoms with E-state index >= 15 is 0 Å². The highest BCUT2D eigenvalue weighted by Gasteiger charge is 2.32. The van der Waals surface area contributed by atoms with Crippen molar-refractivity contribution in [2.24, 2.45) is 0 Å². The molecule has 3 N–H and O–H groups in total. The molecule has 0 radical (unpaired) electrons. The van der Waals surface area contributed by atoms with E-state index in [1.165, 1.54) is 6.92 Å². The lowest BCUT2D eigenvalue weighted by Gasteiger charge is -2.24. The molecule has 1 unspecified atom stereocenters. The van der Waals surface area contributed by atoms with Gasteiger partial charge < -0.3 is 15.7 Å². The third-order valence-corrected chi connectivity index (χ3v) is 3.30. The van der Waals surface area contributed by atoms with E-state index in [-0.39, 0.29) is 0 Å². The molecule has 5 nitrogen and oxygen atoms in total. The van der Waals surface area contributed by atoms with E-state index < -0.39 is 17.5 Å². The van der Waals surface area contributed by atoms with Gasteiger partial charge in [-0.05, 0) is 32.8 Å². The number of aryl methyl sites for hydroxylation is 2. The van der Waals surface area contributed by atoms with Crippen molar-refractivity contribution in [2.75, 3.05) is 0 Å². The molecule has 0 fully saturated rings. The van der Waals surface area contributed by atoms with E-state index in [1.54, 1.807) is 6.92 Å². The number of hydrogen-bond acceptors (Lipinski definition) is 2. The quantitative estimate of drug-likeness (QED) is 0.773. The first-order valence-electron chi connectivity index (χ1n) is 6.63. The standard InChI is InChI=1S/C15H22N2O3/c1-5-15(4,13(18)19)17-14(20)16-9-12-7-10(2)6-11(3)8-12/h6-8H,5,9H2,1-4H3,(H,18,19)(H2,16,17,20). The highest BCUT2D eigenvalue weighted by atomic mass is 16.4. The second-order valence-corrected chi connectivity index (χ2v) is 5.29. The van der Waals surface area contributed by atoms with Crippen LogP contribution < -0.4 is 10.6 Å². The van der Waals surface area contributed by atoms with E-state index in [4.69, 9.17) is 5.11 Å². The zero-order chi connectivity index (χ0) is 15.3. The zero-order valence-electron chi connectivity index (χ0n) is 12.4. The van der Waals surface area contributed by atoms with E-state index in [1.807, 2.05) is 26.0 Å². The van der Waals surface area contributed by atoms with Crippen LogP contribution in [0, 0.1) is 13.8 Å². The third kappa shape index (κ3) is 4.26. The molecule has 0 aliphatic rings. The van der Waals surface area contributed by atoms with Crippen molar-refractivity contribution >= 4 is 12.0 Å². The van der Waals surface area contributed by atoms with Crippen molar-refractivity contribution in [1.82, 2.24) is 10.6 Å². The molecule has 0 aliphatic heterocycles. The normalized spacial score (nSPS) is 13.4. The average Bonchev–Trinajstić information content (AvgIpc) is 2.35. The maximum absolute atomic E-state index is 11.8. The zero-order valence-corrected chi connectivity index (χ0v) is 12.4. The highest BCUT2D eigenvalue weighted by molar-refractivity contribution is 5.85. The molecule has 1 atom stereocenters. The average molecular weight is 278 g/mol. The van der Waals surface area contributed by atoms with Crippen LogP contribution >= 0.6 is 0 Å². The van der Waals surface area contributed by atoms with Gasteiger partial charge in [-0.15, -0.1) is 0 Å². The Morgan fingerprint density at radius 3 is 2.20 bits per heavy atom. The second kappa shape index (κ2) is 6.41. The number of aliphatic carboxylic acids is 1. The van der Waals surface area contributed by atoms with Gasteiger partial charge in [0.25, 0.3) is 0 Å². The van der Waals surface area contributed by atoms with Crippen LogP contribution in [-0.2, 0) is 11.3 Å². The number of benzene rings is 1. The largest absolute Gasteiger partial charge is 0.480 e. The third-order valence-electron chi connectivity index (χ3n) is 3.30. The fourth-order valence-corrected chi connectivity index (χ4v) is 1.94. The maximum atomic E-state index is 11.8. The number of hydrogen-bond donors (Lipinski definition) is 3. The van der Waals surface area contributed by atoms with Crippen LogP contribution in [0.3, 0.4) is 0 Å². The molecule has 0 spiro atoms. The van der Waals surface area contributed by atoms with E-state index in [2.05, 4.69) is 16.7 Å². The lowest BCUT2D eigenvalue weighted by Crippen LogP contribution is -2.54. The summed E-state index contributed by atoms with van der Waals surface area (Å²) in [7, 11) is 0. The minimum atomic E-state index is -1.24. The number of rotatable bonds is 5. The SMILES string of the molecule is CCC(C)(NC(=O)NCc1cc(C)cc(C)c1)C(=O)O. The van der Waals surface area contributed by atoms with Crippen LogP contribution in [-0.4, -0.2) is 22.6 Å². The van der Waals surface area contributed by atoms with Crippen molar-refractivity contribution in [3.8, 4) is 0 Å². The Hall–Kier alpha value is -2.04. The van der Waals surface area contributed by atoms with Gasteiger partial charge in [0.05, 0.1) is 0 Å². The van der Waals surface area contributed by atoms with Gasteiger partial charge in [-0.25, -0.2) is 9.59 Å². The molecule has 1 aromatic rings. The Bertz CT molecular complexity index is 494. The minimum absolute atomic E-state index is 0.319. The van der Waals surface area contributed by atoms with E-state index in [0.717, 1.165) is 16.7 Å². The van der Waals surface area contributed by atoms with Crippen LogP contribution in [0.2, 0.25) is 0 Å². The summed E-state index contributed by atoms with van der Waals surface area (Å²) in [6, 6.07) is 5.56. The molecule has 110 valence electrons. The smallest absolute Gasteiger partial charge is 0.329 e. The first kappa shape index (κ1) is 16.0. The number of amides is 2. The molecular weight excluding hydrogens is 256 g/mol. The van der Waals surface area contributed by atoms with Crippen LogP contribution in [0.5, 0.6) is 0 Å². The predicted molar refractivity (Wildman–Crippen MR) is 77.6 cm³/mol. The molecule has 5 heteroatoms. The highest BCUT2D eigenvalue weighted by Crippen LogP contribution is 2.10. The molecule has 0 heterocycles. The molecular formula is C15H22N2O3. The van der Waals surface area contributed by atoms with Crippen LogP contribution in [0.1, 0.15) is 37.0 Å². The molecule has 1 aromatic carbocycles. The van der Waals surface area contributed by atoms with Gasteiger partial charge in [0.15, 0.2) is 0 Å². The summed E-state index contributed by atoms with van der Waals surface area (Å²) in [6.07, 6.45) is 0.319. The number of carbonyl (C=O) groups excluding carboxylic acids is 1. The number of urea groups is 1. The Morgan fingerprint density at radius 2 is 1.75 bits per heavy atom. The summed E-state index contributed by atoms with van der Waals surface area (Å²) in [5, 5.41) is 14.3. The first-order chi connectivity index (χ1) is 9.26. The summed E-state index contributed by atoms with van der Waals surface area (Å²) in [6.45, 7) is 7.57. The Kier molecular flexibility index (Phi) is 5.13. The van der Waals surface area contributed by atoms with Crippen molar-refractivity contribution in [1.29, 1.82) is 0 Å². The topological polar surface area (TPSA) is 78.4 Å².